The van der Waals surface area contributed by atoms with Crippen molar-refractivity contribution in [2.45, 2.75) is 23.2 Å². The van der Waals surface area contributed by atoms with Crippen LogP contribution in [0, 0.1) is 5.82 Å². The van der Waals surface area contributed by atoms with Crippen LogP contribution in [0.3, 0.4) is 0 Å². The lowest BCUT2D eigenvalue weighted by molar-refractivity contribution is -0.145. The van der Waals surface area contributed by atoms with Gasteiger partial charge in [0.25, 0.3) is 0 Å². The molecule has 29 heavy (non-hydrogen) atoms. The minimum absolute atomic E-state index is 0.0821. The molecule has 2 heterocycles. The van der Waals surface area contributed by atoms with Crippen molar-refractivity contribution in [2.24, 2.45) is 0 Å². The maximum atomic E-state index is 13.0. The molecule has 1 aromatic heterocycles. The number of hydrogen-bond donors (Lipinski definition) is 1. The maximum absolute atomic E-state index is 13.0. The van der Waals surface area contributed by atoms with E-state index in [-0.39, 0.29) is 24.8 Å². The first kappa shape index (κ1) is 19.5. The van der Waals surface area contributed by atoms with Crippen molar-refractivity contribution >= 4 is 40.9 Å². The summed E-state index contributed by atoms with van der Waals surface area (Å²) in [6.45, 7) is -0.0886. The van der Waals surface area contributed by atoms with Crippen molar-refractivity contribution < 1.29 is 23.1 Å². The van der Waals surface area contributed by atoms with Crippen LogP contribution in [0.15, 0.2) is 58.0 Å². The summed E-state index contributed by atoms with van der Waals surface area (Å²) in [7, 11) is 0. The molecule has 0 bridgehead atoms. The molecule has 4 rings (SSSR count). The molecule has 1 aliphatic heterocycles. The van der Waals surface area contributed by atoms with Crippen LogP contribution in [-0.2, 0) is 20.9 Å². The van der Waals surface area contributed by atoms with Gasteiger partial charge in [-0.3, -0.25) is 9.59 Å². The Bertz CT molecular complexity index is 1070. The van der Waals surface area contributed by atoms with Crippen LogP contribution in [0.2, 0.25) is 5.02 Å². The standard InChI is InChI=1S/C20H14ClFN2O4S/c21-12-3-6-16-15(7-12)24-19(26)17(29-16)8-18(25)27-9-14-10-28-20(23-14)11-1-4-13(22)5-2-11/h1-7,10,17H,8-9H2,(H,24,26). The first-order chi connectivity index (χ1) is 14.0. The highest BCUT2D eigenvalue weighted by atomic mass is 35.5. The molecule has 1 atom stereocenters. The number of hydrogen-bond acceptors (Lipinski definition) is 6. The highest BCUT2D eigenvalue weighted by Crippen LogP contribution is 2.38. The molecule has 9 heteroatoms. The highest BCUT2D eigenvalue weighted by Gasteiger charge is 2.29. The second-order valence-corrected chi connectivity index (χ2v) is 7.93. The van der Waals surface area contributed by atoms with Crippen LogP contribution in [0.5, 0.6) is 0 Å². The summed E-state index contributed by atoms with van der Waals surface area (Å²) < 4.78 is 23.5. The van der Waals surface area contributed by atoms with Crippen LogP contribution in [0.1, 0.15) is 12.1 Å². The number of nitrogens with zero attached hydrogens (tertiary/aromatic N) is 1. The Morgan fingerprint density at radius 3 is 2.86 bits per heavy atom. The molecule has 0 radical (unpaired) electrons. The van der Waals surface area contributed by atoms with Gasteiger partial charge in [-0.1, -0.05) is 11.6 Å². The van der Waals surface area contributed by atoms with Crippen LogP contribution in [0.4, 0.5) is 10.1 Å². The Morgan fingerprint density at radius 1 is 1.28 bits per heavy atom. The van der Waals surface area contributed by atoms with Gasteiger partial charge in [0.2, 0.25) is 11.8 Å². The van der Waals surface area contributed by atoms with E-state index in [1.54, 1.807) is 30.3 Å². The molecule has 2 aromatic carbocycles. The lowest BCUT2D eigenvalue weighted by Crippen LogP contribution is -2.31. The monoisotopic (exact) mass is 432 g/mol. The van der Waals surface area contributed by atoms with E-state index in [4.69, 9.17) is 20.8 Å². The first-order valence-electron chi connectivity index (χ1n) is 8.61. The Morgan fingerprint density at radius 2 is 2.07 bits per heavy atom. The average Bonchev–Trinajstić information content (AvgIpc) is 3.17. The number of nitrogens with one attached hydrogen (secondary N) is 1. The summed E-state index contributed by atoms with van der Waals surface area (Å²) >= 11 is 7.22. The minimum Gasteiger partial charge on any atom is -0.459 e. The first-order valence-corrected chi connectivity index (χ1v) is 9.87. The number of amides is 1. The van der Waals surface area contributed by atoms with Gasteiger partial charge in [0, 0.05) is 15.5 Å². The molecule has 148 valence electrons. The topological polar surface area (TPSA) is 81.4 Å². The second kappa shape index (κ2) is 8.26. The number of thioether (sulfide) groups is 1. The smallest absolute Gasteiger partial charge is 0.307 e. The zero-order chi connectivity index (χ0) is 20.4. The number of fused-ring (bicyclic) bond motifs is 1. The van der Waals surface area contributed by atoms with Gasteiger partial charge in [0.15, 0.2) is 0 Å². The number of carbonyl (C=O) groups excluding carboxylic acids is 2. The van der Waals surface area contributed by atoms with Gasteiger partial charge in [-0.15, -0.1) is 11.8 Å². The number of benzene rings is 2. The van der Waals surface area contributed by atoms with E-state index < -0.39 is 11.2 Å². The maximum Gasteiger partial charge on any atom is 0.307 e. The van der Waals surface area contributed by atoms with Gasteiger partial charge < -0.3 is 14.5 Å². The molecule has 6 nitrogen and oxygen atoms in total. The molecular weight excluding hydrogens is 419 g/mol. The second-order valence-electron chi connectivity index (χ2n) is 6.25. The normalized spacial score (nSPS) is 15.5. The molecule has 0 aliphatic carbocycles. The third-order valence-electron chi connectivity index (χ3n) is 4.14. The summed E-state index contributed by atoms with van der Waals surface area (Å²) in [5, 5.41) is 2.68. The fourth-order valence-corrected chi connectivity index (χ4v) is 3.97. The Balaban J connectivity index is 1.33. The highest BCUT2D eigenvalue weighted by molar-refractivity contribution is 8.01. The van der Waals surface area contributed by atoms with Crippen LogP contribution in [0.25, 0.3) is 11.5 Å². The number of oxazole rings is 1. The number of halogens is 2. The number of rotatable bonds is 5. The van der Waals surface area contributed by atoms with Crippen LogP contribution in [-0.4, -0.2) is 22.1 Å². The van der Waals surface area contributed by atoms with Gasteiger partial charge in [-0.2, -0.15) is 0 Å². The SMILES string of the molecule is O=C(CC1Sc2ccc(Cl)cc2NC1=O)OCc1coc(-c2ccc(F)cc2)n1. The summed E-state index contributed by atoms with van der Waals surface area (Å²) in [4.78, 5) is 29.5. The number of aromatic nitrogens is 1. The predicted molar refractivity (Wildman–Crippen MR) is 106 cm³/mol. The van der Waals surface area contributed by atoms with Gasteiger partial charge in [0.1, 0.15) is 24.4 Å². The molecular formula is C20H14ClFN2O4S. The van der Waals surface area contributed by atoms with E-state index in [1.807, 2.05) is 0 Å². The molecule has 0 fully saturated rings. The summed E-state index contributed by atoms with van der Waals surface area (Å²) in [5.74, 6) is -0.860. The third kappa shape index (κ3) is 4.60. The molecule has 0 saturated heterocycles. The number of carbonyl (C=O) groups is 2. The van der Waals surface area contributed by atoms with E-state index in [1.165, 1.54) is 30.2 Å². The zero-order valence-corrected chi connectivity index (χ0v) is 16.4. The fraction of sp³-hybridized carbons (Fsp3) is 0.150. The minimum atomic E-state index is -0.594. The molecule has 1 unspecified atom stereocenters. The Hall–Kier alpha value is -2.84. The molecule has 1 N–H and O–H groups in total. The van der Waals surface area contributed by atoms with E-state index >= 15 is 0 Å². The van der Waals surface area contributed by atoms with Gasteiger partial charge in [-0.25, -0.2) is 9.37 Å². The quantitative estimate of drug-likeness (QED) is 0.589. The summed E-state index contributed by atoms with van der Waals surface area (Å²) in [5.41, 5.74) is 1.66. The van der Waals surface area contributed by atoms with E-state index in [0.717, 1.165) is 4.90 Å². The van der Waals surface area contributed by atoms with Crippen molar-refractivity contribution in [2.75, 3.05) is 5.32 Å². The lowest BCUT2D eigenvalue weighted by atomic mass is 10.2. The molecule has 0 spiro atoms. The number of anilines is 1. The zero-order valence-electron chi connectivity index (χ0n) is 14.9. The Labute approximate surface area is 174 Å². The Kier molecular flexibility index (Phi) is 5.55. The molecule has 0 saturated carbocycles. The van der Waals surface area contributed by atoms with Gasteiger partial charge in [-0.05, 0) is 42.5 Å². The average molecular weight is 433 g/mol. The van der Waals surface area contributed by atoms with Crippen molar-refractivity contribution in [3.05, 3.63) is 65.3 Å². The van der Waals surface area contributed by atoms with Crippen LogP contribution < -0.4 is 5.32 Å². The summed E-state index contributed by atoms with van der Waals surface area (Å²) in [6.07, 6.45) is 1.29. The predicted octanol–water partition coefficient (Wildman–Crippen LogP) is 4.68. The molecule has 1 amide bonds. The number of esters is 1. The molecule has 1 aliphatic rings. The molecule has 3 aromatic rings. The van der Waals surface area contributed by atoms with Crippen LogP contribution >= 0.6 is 23.4 Å². The van der Waals surface area contributed by atoms with Crippen molar-refractivity contribution in [1.82, 2.24) is 4.98 Å². The van der Waals surface area contributed by atoms with Crippen molar-refractivity contribution in [1.29, 1.82) is 0 Å². The largest absolute Gasteiger partial charge is 0.459 e. The van der Waals surface area contributed by atoms with Crippen molar-refractivity contribution in [3.8, 4) is 11.5 Å². The van der Waals surface area contributed by atoms with E-state index in [2.05, 4.69) is 10.3 Å². The van der Waals surface area contributed by atoms with E-state index in [0.29, 0.717) is 27.9 Å². The lowest BCUT2D eigenvalue weighted by Gasteiger charge is -2.23. The third-order valence-corrected chi connectivity index (χ3v) is 5.65. The summed E-state index contributed by atoms with van der Waals surface area (Å²) in [6, 6.07) is 10.9. The van der Waals surface area contributed by atoms with E-state index in [9.17, 15) is 14.0 Å². The van der Waals surface area contributed by atoms with Gasteiger partial charge >= 0.3 is 5.97 Å². The fourth-order valence-electron chi connectivity index (χ4n) is 2.72. The number of ether oxygens (including phenoxy) is 1. The van der Waals surface area contributed by atoms with Gasteiger partial charge in [0.05, 0.1) is 17.4 Å². The van der Waals surface area contributed by atoms with Crippen molar-refractivity contribution in [3.63, 3.8) is 0 Å².